The molecule has 2 heteroatoms. The van der Waals surface area contributed by atoms with Crippen LogP contribution in [-0.4, -0.2) is 24.4 Å². The van der Waals surface area contributed by atoms with Gasteiger partial charge in [-0.15, -0.1) is 0 Å². The molecule has 1 saturated heterocycles. The van der Waals surface area contributed by atoms with Gasteiger partial charge < -0.3 is 9.84 Å². The van der Waals surface area contributed by atoms with Crippen molar-refractivity contribution in [1.82, 2.24) is 0 Å². The smallest absolute Gasteiger partial charge is 0.0840 e. The van der Waals surface area contributed by atoms with Crippen molar-refractivity contribution in [1.29, 1.82) is 0 Å². The van der Waals surface area contributed by atoms with E-state index in [1.54, 1.807) is 0 Å². The largest absolute Gasteiger partial charge is 0.394 e. The fourth-order valence-corrected chi connectivity index (χ4v) is 2.10. The predicted octanol–water partition coefficient (Wildman–Crippen LogP) is 0.960. The maximum absolute atomic E-state index is 8.96. The lowest BCUT2D eigenvalue weighted by Crippen LogP contribution is -2.24. The van der Waals surface area contributed by atoms with Crippen LogP contribution < -0.4 is 0 Å². The quantitative estimate of drug-likeness (QED) is 0.570. The highest BCUT2D eigenvalue weighted by molar-refractivity contribution is 4.99. The Morgan fingerprint density at radius 3 is 3.00 bits per heavy atom. The molecule has 3 atom stereocenters. The number of fused-ring (bicyclic) bond motifs is 1. The van der Waals surface area contributed by atoms with E-state index in [-0.39, 0.29) is 12.7 Å². The van der Waals surface area contributed by atoms with E-state index in [0.717, 1.165) is 19.4 Å². The second-order valence-electron chi connectivity index (χ2n) is 3.42. The van der Waals surface area contributed by atoms with E-state index < -0.39 is 0 Å². The summed E-state index contributed by atoms with van der Waals surface area (Å²) in [6.07, 6.45) is 6.78. The van der Waals surface area contributed by atoms with Crippen molar-refractivity contribution in [3.63, 3.8) is 0 Å². The Labute approximate surface area is 66.9 Å². The molecule has 2 rings (SSSR count). The van der Waals surface area contributed by atoms with Gasteiger partial charge in [-0.3, -0.25) is 0 Å². The molecule has 1 N–H and O–H groups in total. The van der Waals surface area contributed by atoms with Crippen molar-refractivity contribution >= 4 is 0 Å². The number of hydrogen-bond acceptors (Lipinski definition) is 2. The molecule has 0 aromatic carbocycles. The van der Waals surface area contributed by atoms with Crippen LogP contribution in [0.25, 0.3) is 0 Å². The molecule has 0 aromatic heterocycles. The van der Waals surface area contributed by atoms with Gasteiger partial charge in [-0.05, 0) is 24.7 Å². The van der Waals surface area contributed by atoms with Gasteiger partial charge in [0.1, 0.15) is 0 Å². The van der Waals surface area contributed by atoms with Crippen molar-refractivity contribution in [2.75, 3.05) is 13.2 Å². The topological polar surface area (TPSA) is 29.5 Å². The van der Waals surface area contributed by atoms with Gasteiger partial charge in [0.25, 0.3) is 0 Å². The van der Waals surface area contributed by atoms with Crippen LogP contribution in [-0.2, 0) is 4.74 Å². The summed E-state index contributed by atoms with van der Waals surface area (Å²) in [5.41, 5.74) is 0. The van der Waals surface area contributed by atoms with Crippen LogP contribution in [0, 0.1) is 11.8 Å². The van der Waals surface area contributed by atoms with Crippen LogP contribution in [0.4, 0.5) is 0 Å². The van der Waals surface area contributed by atoms with Gasteiger partial charge in [-0.25, -0.2) is 0 Å². The lowest BCUT2D eigenvalue weighted by molar-refractivity contribution is 0.0403. The maximum Gasteiger partial charge on any atom is 0.0840 e. The summed E-state index contributed by atoms with van der Waals surface area (Å²) in [4.78, 5) is 0. The first-order valence-corrected chi connectivity index (χ1v) is 4.29. The molecule has 0 spiro atoms. The molecule has 0 saturated carbocycles. The van der Waals surface area contributed by atoms with E-state index in [1.807, 2.05) is 0 Å². The van der Waals surface area contributed by atoms with Crippen molar-refractivity contribution < 1.29 is 9.84 Å². The van der Waals surface area contributed by atoms with Crippen LogP contribution >= 0.6 is 0 Å². The average molecular weight is 154 g/mol. The summed E-state index contributed by atoms with van der Waals surface area (Å²) >= 11 is 0. The van der Waals surface area contributed by atoms with Gasteiger partial charge in [0.05, 0.1) is 19.3 Å². The maximum atomic E-state index is 8.96. The molecule has 2 nitrogen and oxygen atoms in total. The number of aliphatic hydroxyl groups excluding tert-OH is 1. The number of rotatable bonds is 1. The molecule has 0 bridgehead atoms. The molecule has 0 amide bonds. The molecule has 0 aromatic rings. The molecule has 11 heavy (non-hydrogen) atoms. The first-order chi connectivity index (χ1) is 5.42. The standard InChI is InChI=1S/C9H14O2/c10-5-9-8-4-2-1-3-7(8)6-11-9/h1-2,7-10H,3-6H2/t7-,8+,9+/m0/s1. The first kappa shape index (κ1) is 7.32. The fraction of sp³-hybridized carbons (Fsp3) is 0.778. The molecule has 1 heterocycles. The predicted molar refractivity (Wildman–Crippen MR) is 42.2 cm³/mol. The van der Waals surface area contributed by atoms with Gasteiger partial charge >= 0.3 is 0 Å². The molecule has 0 unspecified atom stereocenters. The molecule has 1 aliphatic carbocycles. The Bertz CT molecular complexity index is 165. The van der Waals surface area contributed by atoms with Gasteiger partial charge in [-0.2, -0.15) is 0 Å². The Morgan fingerprint density at radius 1 is 1.36 bits per heavy atom. The number of allylic oxidation sites excluding steroid dienone is 2. The van der Waals surface area contributed by atoms with Crippen LogP contribution in [0.3, 0.4) is 0 Å². The summed E-state index contributed by atoms with van der Waals surface area (Å²) in [5, 5.41) is 8.96. The van der Waals surface area contributed by atoms with E-state index in [2.05, 4.69) is 12.2 Å². The highest BCUT2D eigenvalue weighted by atomic mass is 16.5. The number of hydrogen-bond donors (Lipinski definition) is 1. The van der Waals surface area contributed by atoms with Crippen LogP contribution in [0.2, 0.25) is 0 Å². The third-order valence-corrected chi connectivity index (χ3v) is 2.80. The second kappa shape index (κ2) is 2.95. The Hall–Kier alpha value is -0.340. The van der Waals surface area contributed by atoms with E-state index in [0.29, 0.717) is 11.8 Å². The monoisotopic (exact) mass is 154 g/mol. The summed E-state index contributed by atoms with van der Waals surface area (Å²) in [5.74, 6) is 1.27. The van der Waals surface area contributed by atoms with E-state index >= 15 is 0 Å². The van der Waals surface area contributed by atoms with Crippen LogP contribution in [0.15, 0.2) is 12.2 Å². The van der Waals surface area contributed by atoms with Crippen molar-refractivity contribution in [2.24, 2.45) is 11.8 Å². The SMILES string of the molecule is OC[C@H]1OC[C@@H]2CC=CC[C@H]21. The Morgan fingerprint density at radius 2 is 2.18 bits per heavy atom. The van der Waals surface area contributed by atoms with Crippen LogP contribution in [0.1, 0.15) is 12.8 Å². The minimum Gasteiger partial charge on any atom is -0.394 e. The zero-order valence-corrected chi connectivity index (χ0v) is 6.57. The summed E-state index contributed by atoms with van der Waals surface area (Å²) in [6.45, 7) is 1.04. The number of ether oxygens (including phenoxy) is 1. The summed E-state index contributed by atoms with van der Waals surface area (Å²) in [6, 6.07) is 0. The summed E-state index contributed by atoms with van der Waals surface area (Å²) in [7, 11) is 0. The molecule has 1 fully saturated rings. The van der Waals surface area contributed by atoms with E-state index in [4.69, 9.17) is 9.84 Å². The third kappa shape index (κ3) is 1.21. The van der Waals surface area contributed by atoms with Crippen molar-refractivity contribution in [3.05, 3.63) is 12.2 Å². The third-order valence-electron chi connectivity index (χ3n) is 2.80. The van der Waals surface area contributed by atoms with Gasteiger partial charge in [-0.1, -0.05) is 12.2 Å². The fourth-order valence-electron chi connectivity index (χ4n) is 2.10. The van der Waals surface area contributed by atoms with E-state index in [1.165, 1.54) is 0 Å². The zero-order chi connectivity index (χ0) is 7.68. The highest BCUT2D eigenvalue weighted by Gasteiger charge is 2.36. The normalized spacial score (nSPS) is 42.5. The molecule has 2 aliphatic rings. The summed E-state index contributed by atoms with van der Waals surface area (Å²) < 4.78 is 5.46. The first-order valence-electron chi connectivity index (χ1n) is 4.29. The van der Waals surface area contributed by atoms with Gasteiger partial charge in [0.15, 0.2) is 0 Å². The molecular formula is C9H14O2. The van der Waals surface area contributed by atoms with Crippen molar-refractivity contribution in [3.8, 4) is 0 Å². The van der Waals surface area contributed by atoms with Gasteiger partial charge in [0, 0.05) is 0 Å². The molecule has 0 radical (unpaired) electrons. The minimum absolute atomic E-state index is 0.116. The van der Waals surface area contributed by atoms with Crippen LogP contribution in [0.5, 0.6) is 0 Å². The van der Waals surface area contributed by atoms with Crippen molar-refractivity contribution in [2.45, 2.75) is 18.9 Å². The van der Waals surface area contributed by atoms with E-state index in [9.17, 15) is 0 Å². The zero-order valence-electron chi connectivity index (χ0n) is 6.57. The highest BCUT2D eigenvalue weighted by Crippen LogP contribution is 2.35. The minimum atomic E-state index is 0.116. The second-order valence-corrected chi connectivity index (χ2v) is 3.42. The lowest BCUT2D eigenvalue weighted by atomic mass is 9.82. The Balaban J connectivity index is 2.05. The Kier molecular flexibility index (Phi) is 1.96. The lowest BCUT2D eigenvalue weighted by Gasteiger charge is -2.22. The average Bonchev–Trinajstić information content (AvgIpc) is 2.47. The molecule has 62 valence electrons. The number of aliphatic hydroxyl groups is 1. The van der Waals surface area contributed by atoms with Gasteiger partial charge in [0.2, 0.25) is 0 Å². The molecule has 1 aliphatic heterocycles. The molecular weight excluding hydrogens is 140 g/mol.